The van der Waals surface area contributed by atoms with E-state index >= 15 is 0 Å². The topological polar surface area (TPSA) is 84.7 Å². The van der Waals surface area contributed by atoms with Crippen LogP contribution in [-0.4, -0.2) is 38.1 Å². The number of imidazole rings is 1. The number of ketones is 1. The molecule has 0 spiro atoms. The van der Waals surface area contributed by atoms with Crippen LogP contribution in [0.5, 0.6) is 0 Å². The number of nitrogens with one attached hydrogen (secondary N) is 2. The molecule has 2 N–H and O–H groups in total. The number of carbonyl (C=O) groups excluding carboxylic acids is 1. The summed E-state index contributed by atoms with van der Waals surface area (Å²) in [5.74, 6) is 6.48. The number of anilines is 2. The smallest absolute Gasteiger partial charge is 0.378 e. The summed E-state index contributed by atoms with van der Waals surface area (Å²) >= 11 is 0. The minimum absolute atomic E-state index is 0.172. The number of alkyl halides is 3. The number of carbonyl (C=O) groups is 1. The van der Waals surface area contributed by atoms with Crippen molar-refractivity contribution in [1.29, 1.82) is 0 Å². The molecule has 7 nitrogen and oxygen atoms in total. The fraction of sp³-hybridized carbons (Fsp3) is 0.267. The lowest BCUT2D eigenvalue weighted by molar-refractivity contribution is -0.137. The van der Waals surface area contributed by atoms with Crippen molar-refractivity contribution in [3.63, 3.8) is 0 Å². The standard InChI is InChI=1S/C30H27F3N6O/c1-19-6-7-22(12-21(19)8-9-25-10-11-29(38-37-25)36-24-4-3-5-24)28(40)16-34-26-13-23(30(31,32)33)14-27(15-26)39-17-20(2)35-18-39/h6-7,10-15,17-18,24,34H,3-5,16H2,1-2H3,(H,36,38). The largest absolute Gasteiger partial charge is 0.416 e. The maximum atomic E-state index is 13.6. The summed E-state index contributed by atoms with van der Waals surface area (Å²) < 4.78 is 42.2. The van der Waals surface area contributed by atoms with Crippen molar-refractivity contribution in [1.82, 2.24) is 19.7 Å². The average Bonchev–Trinajstić information content (AvgIpc) is 3.35. The van der Waals surface area contributed by atoms with Crippen molar-refractivity contribution in [2.45, 2.75) is 45.3 Å². The van der Waals surface area contributed by atoms with Crippen molar-refractivity contribution >= 4 is 17.3 Å². The van der Waals surface area contributed by atoms with Gasteiger partial charge in [-0.25, -0.2) is 4.98 Å². The summed E-state index contributed by atoms with van der Waals surface area (Å²) in [6.45, 7) is 3.44. The van der Waals surface area contributed by atoms with Crippen LogP contribution in [-0.2, 0) is 6.18 Å². The van der Waals surface area contributed by atoms with Crippen LogP contribution in [0.1, 0.15) is 57.7 Å². The van der Waals surface area contributed by atoms with Gasteiger partial charge in [0.15, 0.2) is 5.78 Å². The number of aryl methyl sites for hydroxylation is 2. The minimum atomic E-state index is -4.55. The molecule has 1 aliphatic carbocycles. The van der Waals surface area contributed by atoms with Gasteiger partial charge in [0, 0.05) is 34.7 Å². The van der Waals surface area contributed by atoms with E-state index < -0.39 is 11.7 Å². The third kappa shape index (κ3) is 6.49. The van der Waals surface area contributed by atoms with Crippen LogP contribution in [0.25, 0.3) is 5.69 Å². The highest BCUT2D eigenvalue weighted by molar-refractivity contribution is 5.99. The van der Waals surface area contributed by atoms with E-state index in [-0.39, 0.29) is 23.7 Å². The Morgan fingerprint density at radius 1 is 1.05 bits per heavy atom. The molecular weight excluding hydrogens is 517 g/mol. The Morgan fingerprint density at radius 3 is 2.52 bits per heavy atom. The lowest BCUT2D eigenvalue weighted by atomic mass is 9.93. The third-order valence-electron chi connectivity index (χ3n) is 6.71. The molecule has 5 rings (SSSR count). The molecule has 2 aromatic carbocycles. The van der Waals surface area contributed by atoms with E-state index in [0.29, 0.717) is 28.6 Å². The van der Waals surface area contributed by atoms with Crippen molar-refractivity contribution in [2.75, 3.05) is 17.2 Å². The lowest BCUT2D eigenvalue weighted by Gasteiger charge is -2.26. The van der Waals surface area contributed by atoms with Crippen molar-refractivity contribution in [3.05, 3.63) is 94.7 Å². The third-order valence-corrected chi connectivity index (χ3v) is 6.71. The predicted molar refractivity (Wildman–Crippen MR) is 147 cm³/mol. The maximum Gasteiger partial charge on any atom is 0.416 e. The summed E-state index contributed by atoms with van der Waals surface area (Å²) in [6.07, 6.45) is 2.03. The van der Waals surface area contributed by atoms with Crippen LogP contribution in [0.3, 0.4) is 0 Å². The van der Waals surface area contributed by atoms with Crippen molar-refractivity contribution in [2.24, 2.45) is 0 Å². The molecule has 0 aliphatic heterocycles. The van der Waals surface area contributed by atoms with Gasteiger partial charge in [-0.15, -0.1) is 10.2 Å². The van der Waals surface area contributed by atoms with Crippen LogP contribution in [0.2, 0.25) is 0 Å². The molecule has 2 heterocycles. The fourth-order valence-corrected chi connectivity index (χ4v) is 4.17. The fourth-order valence-electron chi connectivity index (χ4n) is 4.17. The lowest BCUT2D eigenvalue weighted by Crippen LogP contribution is -2.27. The first-order valence-electron chi connectivity index (χ1n) is 12.9. The number of nitrogens with zero attached hydrogens (tertiary/aromatic N) is 4. The van der Waals surface area contributed by atoms with E-state index in [2.05, 4.69) is 37.7 Å². The molecule has 1 saturated carbocycles. The van der Waals surface area contributed by atoms with Gasteiger partial charge in [0.1, 0.15) is 11.5 Å². The number of halogens is 3. The van der Waals surface area contributed by atoms with Gasteiger partial charge in [0.05, 0.1) is 24.1 Å². The predicted octanol–water partition coefficient (Wildman–Crippen LogP) is 5.96. The maximum absolute atomic E-state index is 13.6. The summed E-state index contributed by atoms with van der Waals surface area (Å²) in [7, 11) is 0. The Kier molecular flexibility index (Phi) is 7.56. The first-order chi connectivity index (χ1) is 19.1. The number of hydrogen-bond acceptors (Lipinski definition) is 6. The number of benzene rings is 2. The molecule has 1 fully saturated rings. The van der Waals surface area contributed by atoms with Crippen LogP contribution >= 0.6 is 0 Å². The molecule has 1 aliphatic rings. The zero-order valence-electron chi connectivity index (χ0n) is 22.0. The molecule has 10 heteroatoms. The van der Waals surface area contributed by atoms with Gasteiger partial charge >= 0.3 is 6.18 Å². The molecule has 204 valence electrons. The van der Waals surface area contributed by atoms with Gasteiger partial charge in [-0.2, -0.15) is 13.2 Å². The van der Waals surface area contributed by atoms with E-state index in [1.165, 1.54) is 17.3 Å². The molecule has 40 heavy (non-hydrogen) atoms. The highest BCUT2D eigenvalue weighted by atomic mass is 19.4. The van der Waals surface area contributed by atoms with Crippen LogP contribution in [0, 0.1) is 25.7 Å². The highest BCUT2D eigenvalue weighted by Gasteiger charge is 2.31. The first kappa shape index (κ1) is 26.9. The minimum Gasteiger partial charge on any atom is -0.378 e. The first-order valence-corrected chi connectivity index (χ1v) is 12.9. The molecular formula is C30H27F3N6O. The summed E-state index contributed by atoms with van der Waals surface area (Å²) in [5.41, 5.74) is 2.74. The second-order valence-electron chi connectivity index (χ2n) is 9.82. The number of hydrogen-bond donors (Lipinski definition) is 2. The van der Waals surface area contributed by atoms with Gasteiger partial charge in [-0.3, -0.25) is 4.79 Å². The zero-order chi connectivity index (χ0) is 28.3. The molecule has 0 saturated heterocycles. The Bertz CT molecular complexity index is 1590. The Balaban J connectivity index is 1.29. The Hall–Kier alpha value is -4.65. The SMILES string of the molecule is Cc1cn(-c2cc(NCC(=O)c3ccc(C)c(C#Cc4ccc(NC5CCC5)nn4)c3)cc(C(F)(F)F)c2)cn1. The molecule has 0 bridgehead atoms. The van der Waals surface area contributed by atoms with E-state index in [1.807, 2.05) is 13.0 Å². The van der Waals surface area contributed by atoms with Crippen LogP contribution in [0.15, 0.2) is 61.1 Å². The van der Waals surface area contributed by atoms with Crippen LogP contribution in [0.4, 0.5) is 24.7 Å². The molecule has 0 unspecified atom stereocenters. The number of rotatable bonds is 7. The van der Waals surface area contributed by atoms with Gasteiger partial charge < -0.3 is 15.2 Å². The molecule has 4 aromatic rings. The quantitative estimate of drug-likeness (QED) is 0.221. The monoisotopic (exact) mass is 544 g/mol. The Morgan fingerprint density at radius 2 is 1.88 bits per heavy atom. The molecule has 2 aromatic heterocycles. The number of aromatic nitrogens is 4. The van der Waals surface area contributed by atoms with E-state index in [1.54, 1.807) is 43.5 Å². The van der Waals surface area contributed by atoms with E-state index in [9.17, 15) is 18.0 Å². The number of Topliss-reactive ketones (excluding diaryl/α,β-unsaturated/α-hetero) is 1. The second-order valence-corrected chi connectivity index (χ2v) is 9.82. The van der Waals surface area contributed by atoms with Crippen LogP contribution < -0.4 is 10.6 Å². The molecule has 0 radical (unpaired) electrons. The van der Waals surface area contributed by atoms with Crippen molar-refractivity contribution < 1.29 is 18.0 Å². The summed E-state index contributed by atoms with van der Waals surface area (Å²) in [4.78, 5) is 17.1. The van der Waals surface area contributed by atoms with Gasteiger partial charge in [0.25, 0.3) is 0 Å². The summed E-state index contributed by atoms with van der Waals surface area (Å²) in [5, 5.41) is 14.5. The molecule has 0 amide bonds. The zero-order valence-corrected chi connectivity index (χ0v) is 22.0. The molecule has 0 atom stereocenters. The highest BCUT2D eigenvalue weighted by Crippen LogP contribution is 2.33. The summed E-state index contributed by atoms with van der Waals surface area (Å²) in [6, 6.07) is 12.8. The van der Waals surface area contributed by atoms with E-state index in [0.717, 1.165) is 36.4 Å². The normalized spacial score (nSPS) is 13.2. The Labute approximate surface area is 229 Å². The van der Waals surface area contributed by atoms with Crippen molar-refractivity contribution in [3.8, 4) is 17.5 Å². The van der Waals surface area contributed by atoms with Gasteiger partial charge in [-0.1, -0.05) is 18.1 Å². The van der Waals surface area contributed by atoms with Gasteiger partial charge in [0.2, 0.25) is 0 Å². The van der Waals surface area contributed by atoms with Gasteiger partial charge in [-0.05, 0) is 81.0 Å². The van der Waals surface area contributed by atoms with E-state index in [4.69, 9.17) is 0 Å². The average molecular weight is 545 g/mol. The second kappa shape index (κ2) is 11.2.